The average molecular weight is 481 g/mol. The predicted molar refractivity (Wildman–Crippen MR) is 121 cm³/mol. The zero-order chi connectivity index (χ0) is 21.7. The quantitative estimate of drug-likeness (QED) is 0.603. The summed E-state index contributed by atoms with van der Waals surface area (Å²) in [5.41, 5.74) is 2.85. The number of amides is 2. The van der Waals surface area contributed by atoms with Crippen molar-refractivity contribution in [2.45, 2.75) is 36.6 Å². The zero-order valence-corrected chi connectivity index (χ0v) is 18.7. The second-order valence-electron chi connectivity index (χ2n) is 8.95. The van der Waals surface area contributed by atoms with Crippen molar-refractivity contribution in [3.63, 3.8) is 0 Å². The first-order chi connectivity index (χ1) is 14.8. The molecule has 3 aromatic rings. The van der Waals surface area contributed by atoms with Gasteiger partial charge in [0.15, 0.2) is 0 Å². The number of benzene rings is 1. The van der Waals surface area contributed by atoms with Gasteiger partial charge in [-0.3, -0.25) is 14.4 Å². The summed E-state index contributed by atoms with van der Waals surface area (Å²) < 4.78 is 2.43. The third kappa shape index (κ3) is 2.48. The smallest absolute Gasteiger partial charge is 0.274 e. The van der Waals surface area contributed by atoms with Gasteiger partial charge in [0.2, 0.25) is 5.91 Å². The van der Waals surface area contributed by atoms with E-state index in [0.29, 0.717) is 17.6 Å². The number of halogens is 1. The molecule has 2 aliphatic carbocycles. The van der Waals surface area contributed by atoms with Gasteiger partial charge in [0.1, 0.15) is 11.2 Å². The Bertz CT molecular complexity index is 1370. The van der Waals surface area contributed by atoms with Crippen LogP contribution in [0.15, 0.2) is 39.7 Å². The minimum atomic E-state index is -0.619. The van der Waals surface area contributed by atoms with Gasteiger partial charge in [-0.1, -0.05) is 12.1 Å². The van der Waals surface area contributed by atoms with Crippen LogP contribution in [-0.4, -0.2) is 34.5 Å². The van der Waals surface area contributed by atoms with E-state index >= 15 is 0 Å². The molecule has 3 heterocycles. The maximum atomic E-state index is 13.4. The van der Waals surface area contributed by atoms with Crippen molar-refractivity contribution in [2.24, 2.45) is 7.05 Å². The van der Waals surface area contributed by atoms with E-state index in [0.717, 1.165) is 39.5 Å². The van der Waals surface area contributed by atoms with Crippen molar-refractivity contribution in [1.82, 2.24) is 14.9 Å². The summed E-state index contributed by atoms with van der Waals surface area (Å²) >= 11 is 3.59. The van der Waals surface area contributed by atoms with Crippen LogP contribution in [0, 0.1) is 0 Å². The molecule has 0 bridgehead atoms. The van der Waals surface area contributed by atoms with Crippen molar-refractivity contribution in [3.8, 4) is 0 Å². The van der Waals surface area contributed by atoms with Crippen LogP contribution in [0.1, 0.15) is 46.8 Å². The van der Waals surface area contributed by atoms with Crippen LogP contribution in [0.25, 0.3) is 10.9 Å². The molecule has 7 nitrogen and oxygen atoms in total. The van der Waals surface area contributed by atoms with Crippen LogP contribution in [0.5, 0.6) is 0 Å². The molecule has 8 heteroatoms. The molecule has 2 aromatic heterocycles. The summed E-state index contributed by atoms with van der Waals surface area (Å²) in [6.07, 6.45) is 4.49. The highest BCUT2D eigenvalue weighted by Gasteiger charge is 2.67. The molecular formula is C23H21BrN4O3. The molecule has 1 aliphatic heterocycles. The molecule has 2 N–H and O–H groups in total. The number of hydrogen-bond donors (Lipinski definition) is 2. The summed E-state index contributed by atoms with van der Waals surface area (Å²) in [7, 11) is 3.52. The Labute approximate surface area is 186 Å². The first kappa shape index (κ1) is 18.9. The fraction of sp³-hybridized carbons (Fsp3) is 0.348. The second kappa shape index (κ2) is 6.09. The standard InChI is InChI=1S/C23H21BrN4O3/c1-27-10-13(12-8-17(26-18(12)21(27)30)20(29)25-11-6-7-11)15-9-23(15)14-4-3-5-16(24)19(14)28(2)22(23)31/h3-5,8,10-11,15,26H,6-7,9H2,1-2H3,(H,25,29)/t15-,23-/m0/s1. The highest BCUT2D eigenvalue weighted by Crippen LogP contribution is 2.67. The Kier molecular flexibility index (Phi) is 3.71. The zero-order valence-electron chi connectivity index (χ0n) is 17.2. The summed E-state index contributed by atoms with van der Waals surface area (Å²) in [6, 6.07) is 7.92. The van der Waals surface area contributed by atoms with Gasteiger partial charge in [-0.25, -0.2) is 0 Å². The average Bonchev–Trinajstić information content (AvgIpc) is 3.64. The molecule has 1 aromatic carbocycles. The van der Waals surface area contributed by atoms with E-state index in [2.05, 4.69) is 26.2 Å². The van der Waals surface area contributed by atoms with Gasteiger partial charge in [0.25, 0.3) is 11.5 Å². The lowest BCUT2D eigenvalue weighted by atomic mass is 9.91. The van der Waals surface area contributed by atoms with Gasteiger partial charge < -0.3 is 19.8 Å². The van der Waals surface area contributed by atoms with E-state index in [1.165, 1.54) is 4.57 Å². The number of H-pyrrole nitrogens is 1. The number of hydrogen-bond acceptors (Lipinski definition) is 3. The van der Waals surface area contributed by atoms with E-state index in [1.54, 1.807) is 18.0 Å². The molecule has 0 unspecified atom stereocenters. The largest absolute Gasteiger partial charge is 0.348 e. The Balaban J connectivity index is 1.49. The number of pyridine rings is 1. The van der Waals surface area contributed by atoms with Crippen LogP contribution in [0.4, 0.5) is 5.69 Å². The number of aryl methyl sites for hydroxylation is 1. The molecule has 0 radical (unpaired) electrons. The summed E-state index contributed by atoms with van der Waals surface area (Å²) in [6.45, 7) is 0. The normalized spacial score (nSPS) is 24.2. The number of rotatable bonds is 3. The van der Waals surface area contributed by atoms with E-state index in [-0.39, 0.29) is 29.3 Å². The number of fused-ring (bicyclic) bond motifs is 3. The third-order valence-corrected chi connectivity index (χ3v) is 7.62. The molecule has 2 saturated carbocycles. The highest BCUT2D eigenvalue weighted by atomic mass is 79.9. The minimum Gasteiger partial charge on any atom is -0.348 e. The van der Waals surface area contributed by atoms with Crippen molar-refractivity contribution in [2.75, 3.05) is 11.9 Å². The summed E-state index contributed by atoms with van der Waals surface area (Å²) in [5, 5.41) is 3.69. The Morgan fingerprint density at radius 3 is 2.77 bits per heavy atom. The van der Waals surface area contributed by atoms with E-state index in [9.17, 15) is 14.4 Å². The molecule has 2 atom stereocenters. The number of likely N-dealkylation sites (N-methyl/N-ethyl adjacent to an activating group) is 1. The SMILES string of the molecule is CN1C(=O)[C@@]2(C[C@H]2c2cn(C)c(=O)c3[nH]c(C(=O)NC4CC4)cc23)c2cccc(Br)c21. The van der Waals surface area contributed by atoms with E-state index < -0.39 is 5.41 Å². The van der Waals surface area contributed by atoms with Crippen molar-refractivity contribution in [3.05, 3.63) is 62.1 Å². The van der Waals surface area contributed by atoms with Gasteiger partial charge in [0, 0.05) is 42.1 Å². The monoisotopic (exact) mass is 480 g/mol. The fourth-order valence-electron chi connectivity index (χ4n) is 5.16. The molecule has 31 heavy (non-hydrogen) atoms. The van der Waals surface area contributed by atoms with Crippen molar-refractivity contribution in [1.29, 1.82) is 0 Å². The molecule has 3 aliphatic rings. The number of aromatic amines is 1. The maximum absolute atomic E-state index is 13.4. The topological polar surface area (TPSA) is 87.2 Å². The number of nitrogens with zero attached hydrogens (tertiary/aromatic N) is 2. The van der Waals surface area contributed by atoms with Crippen LogP contribution in [0.3, 0.4) is 0 Å². The first-order valence-corrected chi connectivity index (χ1v) is 11.2. The number of anilines is 1. The van der Waals surface area contributed by atoms with Gasteiger partial charge >= 0.3 is 0 Å². The lowest BCUT2D eigenvalue weighted by Gasteiger charge is -2.13. The van der Waals surface area contributed by atoms with Gasteiger partial charge in [0.05, 0.1) is 11.1 Å². The first-order valence-electron chi connectivity index (χ1n) is 10.4. The van der Waals surface area contributed by atoms with E-state index in [1.807, 2.05) is 31.4 Å². The molecule has 158 valence electrons. The highest BCUT2D eigenvalue weighted by molar-refractivity contribution is 9.10. The van der Waals surface area contributed by atoms with E-state index in [4.69, 9.17) is 0 Å². The van der Waals surface area contributed by atoms with Crippen molar-refractivity contribution >= 4 is 44.3 Å². The number of nitrogens with one attached hydrogen (secondary N) is 2. The number of carbonyl (C=O) groups is 2. The summed E-state index contributed by atoms with van der Waals surface area (Å²) in [4.78, 5) is 43.5. The number of para-hydroxylation sites is 1. The van der Waals surface area contributed by atoms with Gasteiger partial charge in [-0.05, 0) is 58.5 Å². The lowest BCUT2D eigenvalue weighted by molar-refractivity contribution is -0.120. The molecule has 0 saturated heterocycles. The molecular weight excluding hydrogens is 460 g/mol. The molecule has 6 rings (SSSR count). The second-order valence-corrected chi connectivity index (χ2v) is 9.80. The Morgan fingerprint density at radius 2 is 2.03 bits per heavy atom. The van der Waals surface area contributed by atoms with Crippen LogP contribution >= 0.6 is 15.9 Å². The predicted octanol–water partition coefficient (Wildman–Crippen LogP) is 2.92. The van der Waals surface area contributed by atoms with Crippen LogP contribution < -0.4 is 15.8 Å². The lowest BCUT2D eigenvalue weighted by Crippen LogP contribution is -2.29. The van der Waals surface area contributed by atoms with Crippen LogP contribution in [-0.2, 0) is 17.3 Å². The van der Waals surface area contributed by atoms with Crippen molar-refractivity contribution < 1.29 is 9.59 Å². The maximum Gasteiger partial charge on any atom is 0.274 e. The van der Waals surface area contributed by atoms with Gasteiger partial charge in [-0.15, -0.1) is 0 Å². The van der Waals surface area contributed by atoms with Gasteiger partial charge in [-0.2, -0.15) is 0 Å². The third-order valence-electron chi connectivity index (χ3n) is 6.98. The molecule has 2 fully saturated rings. The number of aromatic nitrogens is 2. The summed E-state index contributed by atoms with van der Waals surface area (Å²) in [5.74, 6) is -0.172. The fourth-order valence-corrected chi connectivity index (χ4v) is 5.79. The number of carbonyl (C=O) groups excluding carboxylic acids is 2. The minimum absolute atomic E-state index is 0.0533. The van der Waals surface area contributed by atoms with Crippen LogP contribution in [0.2, 0.25) is 0 Å². The molecule has 1 spiro atoms. The Morgan fingerprint density at radius 1 is 1.26 bits per heavy atom. The molecule has 2 amide bonds. The Hall–Kier alpha value is -2.87.